The molecule has 3 rings (SSSR count). The van der Waals surface area contributed by atoms with E-state index in [1.807, 2.05) is 61.5 Å². The molecule has 0 aliphatic heterocycles. The molecule has 0 fully saturated rings. The van der Waals surface area contributed by atoms with Gasteiger partial charge in [-0.1, -0.05) is 54.6 Å². The van der Waals surface area contributed by atoms with Crippen LogP contribution >= 0.6 is 0 Å². The molecule has 4 nitrogen and oxygen atoms in total. The van der Waals surface area contributed by atoms with E-state index in [-0.39, 0.29) is 5.57 Å². The third-order valence-electron chi connectivity index (χ3n) is 4.13. The molecule has 0 saturated carbocycles. The van der Waals surface area contributed by atoms with Crippen molar-refractivity contribution in [2.45, 2.75) is 6.92 Å². The van der Waals surface area contributed by atoms with Gasteiger partial charge in [0.2, 0.25) is 0 Å². The van der Waals surface area contributed by atoms with Crippen LogP contribution in [0.25, 0.3) is 22.4 Å². The van der Waals surface area contributed by atoms with Gasteiger partial charge in [-0.15, -0.1) is 0 Å². The minimum Gasteiger partial charge on any atom is -0.493 e. The lowest BCUT2D eigenvalue weighted by atomic mass is 9.96. The summed E-state index contributed by atoms with van der Waals surface area (Å²) in [5.41, 5.74) is 1.54. The van der Waals surface area contributed by atoms with Crippen molar-refractivity contribution in [2.24, 2.45) is 0 Å². The van der Waals surface area contributed by atoms with E-state index in [2.05, 4.69) is 0 Å². The van der Waals surface area contributed by atoms with Crippen molar-refractivity contribution in [1.29, 1.82) is 0 Å². The van der Waals surface area contributed by atoms with Crippen LogP contribution < -0.4 is 9.47 Å². The van der Waals surface area contributed by atoms with E-state index in [0.29, 0.717) is 29.2 Å². The maximum absolute atomic E-state index is 12.0. The summed E-state index contributed by atoms with van der Waals surface area (Å²) in [5, 5.41) is 11.7. The van der Waals surface area contributed by atoms with Gasteiger partial charge in [0.15, 0.2) is 11.5 Å². The van der Waals surface area contributed by atoms with Gasteiger partial charge in [0.25, 0.3) is 0 Å². The zero-order valence-electron chi connectivity index (χ0n) is 14.7. The van der Waals surface area contributed by atoms with E-state index >= 15 is 0 Å². The summed E-state index contributed by atoms with van der Waals surface area (Å²) < 4.78 is 11.1. The van der Waals surface area contributed by atoms with E-state index in [4.69, 9.17) is 9.47 Å². The van der Waals surface area contributed by atoms with E-state index in [1.54, 1.807) is 19.3 Å². The molecular formula is C22H20O4. The molecule has 4 heteroatoms. The van der Waals surface area contributed by atoms with Crippen molar-refractivity contribution in [3.8, 4) is 11.5 Å². The normalized spacial score (nSPS) is 11.4. The van der Waals surface area contributed by atoms with Crippen LogP contribution in [0, 0.1) is 0 Å². The van der Waals surface area contributed by atoms with E-state index < -0.39 is 5.97 Å². The Morgan fingerprint density at radius 3 is 2.50 bits per heavy atom. The number of aliphatic carboxylic acids is 1. The molecule has 3 aromatic rings. The second kappa shape index (κ2) is 7.74. The van der Waals surface area contributed by atoms with Crippen molar-refractivity contribution in [1.82, 2.24) is 0 Å². The van der Waals surface area contributed by atoms with E-state index in [9.17, 15) is 9.90 Å². The number of carboxylic acids is 1. The number of hydrogen-bond donors (Lipinski definition) is 1. The second-order valence-electron chi connectivity index (χ2n) is 5.70. The summed E-state index contributed by atoms with van der Waals surface area (Å²) in [6.45, 7) is 2.33. The van der Waals surface area contributed by atoms with Crippen molar-refractivity contribution in [3.05, 3.63) is 71.8 Å². The smallest absolute Gasteiger partial charge is 0.336 e. The van der Waals surface area contributed by atoms with E-state index in [0.717, 1.165) is 10.8 Å². The number of methoxy groups -OCH3 is 1. The van der Waals surface area contributed by atoms with Crippen LogP contribution in [0.3, 0.4) is 0 Å². The van der Waals surface area contributed by atoms with Crippen LogP contribution in [-0.4, -0.2) is 24.8 Å². The Bertz CT molecular complexity index is 968. The van der Waals surface area contributed by atoms with Gasteiger partial charge in [0, 0.05) is 5.56 Å². The molecule has 0 saturated heterocycles. The molecule has 0 aromatic heterocycles. The predicted octanol–water partition coefficient (Wildman–Crippen LogP) is 4.87. The van der Waals surface area contributed by atoms with Gasteiger partial charge in [-0.25, -0.2) is 4.79 Å². The molecule has 0 aliphatic rings. The lowest BCUT2D eigenvalue weighted by Crippen LogP contribution is -2.02. The number of carboxylic acid groups (broad SMARTS) is 1. The molecule has 0 spiro atoms. The standard InChI is InChI=1S/C22H20O4/c1-3-26-21-16(10-7-13-20(21)25-2)14-19(22(23)24)18-12-6-9-15-8-4-5-11-17(15)18/h4-14H,3H2,1-2H3,(H,23,24)/b19-14-. The Morgan fingerprint density at radius 2 is 1.77 bits per heavy atom. The largest absolute Gasteiger partial charge is 0.493 e. The van der Waals surface area contributed by atoms with Gasteiger partial charge in [-0.05, 0) is 35.4 Å². The maximum Gasteiger partial charge on any atom is 0.336 e. The number of benzene rings is 3. The summed E-state index contributed by atoms with van der Waals surface area (Å²) in [6.07, 6.45) is 1.64. The van der Waals surface area contributed by atoms with Gasteiger partial charge in [0.1, 0.15) is 0 Å². The maximum atomic E-state index is 12.0. The van der Waals surface area contributed by atoms with Crippen molar-refractivity contribution in [3.63, 3.8) is 0 Å². The Hall–Kier alpha value is -3.27. The molecule has 0 amide bonds. The van der Waals surface area contributed by atoms with Gasteiger partial charge in [-0.3, -0.25) is 0 Å². The fourth-order valence-corrected chi connectivity index (χ4v) is 2.98. The predicted molar refractivity (Wildman–Crippen MR) is 104 cm³/mol. The molecule has 1 N–H and O–H groups in total. The monoisotopic (exact) mass is 348 g/mol. The highest BCUT2D eigenvalue weighted by Gasteiger charge is 2.16. The zero-order valence-corrected chi connectivity index (χ0v) is 14.7. The quantitative estimate of drug-likeness (QED) is 0.510. The van der Waals surface area contributed by atoms with Crippen LogP contribution in [0.2, 0.25) is 0 Å². The fourth-order valence-electron chi connectivity index (χ4n) is 2.98. The zero-order chi connectivity index (χ0) is 18.5. The van der Waals surface area contributed by atoms with Crippen LogP contribution in [0.1, 0.15) is 18.1 Å². The first-order chi connectivity index (χ1) is 12.7. The Kier molecular flexibility index (Phi) is 5.23. The lowest BCUT2D eigenvalue weighted by Gasteiger charge is -2.13. The first kappa shape index (κ1) is 17.5. The average molecular weight is 348 g/mol. The summed E-state index contributed by atoms with van der Waals surface area (Å²) in [7, 11) is 1.56. The first-order valence-corrected chi connectivity index (χ1v) is 8.38. The van der Waals surface area contributed by atoms with Gasteiger partial charge >= 0.3 is 5.97 Å². The molecule has 132 valence electrons. The lowest BCUT2D eigenvalue weighted by molar-refractivity contribution is -0.130. The number of fused-ring (bicyclic) bond motifs is 1. The highest BCUT2D eigenvalue weighted by molar-refractivity contribution is 6.24. The Labute approximate surface area is 152 Å². The van der Waals surface area contributed by atoms with Crippen LogP contribution in [0.4, 0.5) is 0 Å². The second-order valence-corrected chi connectivity index (χ2v) is 5.70. The molecule has 0 radical (unpaired) electrons. The highest BCUT2D eigenvalue weighted by atomic mass is 16.5. The average Bonchev–Trinajstić information content (AvgIpc) is 2.66. The highest BCUT2D eigenvalue weighted by Crippen LogP contribution is 2.35. The van der Waals surface area contributed by atoms with Crippen LogP contribution in [0.15, 0.2) is 60.7 Å². The van der Waals surface area contributed by atoms with Crippen LogP contribution in [0.5, 0.6) is 11.5 Å². The number of para-hydroxylation sites is 1. The number of rotatable bonds is 6. The van der Waals surface area contributed by atoms with Gasteiger partial charge in [0.05, 0.1) is 19.3 Å². The summed E-state index contributed by atoms with van der Waals surface area (Å²) in [4.78, 5) is 12.0. The molecule has 0 aliphatic carbocycles. The minimum absolute atomic E-state index is 0.205. The third-order valence-corrected chi connectivity index (χ3v) is 4.13. The fraction of sp³-hybridized carbons (Fsp3) is 0.136. The van der Waals surface area contributed by atoms with Crippen LogP contribution in [-0.2, 0) is 4.79 Å². The Balaban J connectivity index is 2.22. The van der Waals surface area contributed by atoms with Crippen molar-refractivity contribution < 1.29 is 19.4 Å². The molecule has 0 heterocycles. The van der Waals surface area contributed by atoms with Gasteiger partial charge < -0.3 is 14.6 Å². The van der Waals surface area contributed by atoms with Gasteiger partial charge in [-0.2, -0.15) is 0 Å². The molecule has 0 unspecified atom stereocenters. The first-order valence-electron chi connectivity index (χ1n) is 8.38. The minimum atomic E-state index is -0.994. The number of carbonyl (C=O) groups is 1. The van der Waals surface area contributed by atoms with Crippen molar-refractivity contribution in [2.75, 3.05) is 13.7 Å². The number of ether oxygens (including phenoxy) is 2. The SMILES string of the molecule is CCOc1c(/C=C(\C(=O)O)c2cccc3ccccc23)cccc1OC. The molecule has 0 atom stereocenters. The number of hydrogen-bond acceptors (Lipinski definition) is 3. The third kappa shape index (κ3) is 3.40. The summed E-state index contributed by atoms with van der Waals surface area (Å²) in [6, 6.07) is 18.8. The van der Waals surface area contributed by atoms with E-state index in [1.165, 1.54) is 0 Å². The topological polar surface area (TPSA) is 55.8 Å². The molecule has 0 bridgehead atoms. The summed E-state index contributed by atoms with van der Waals surface area (Å²) in [5.74, 6) is 0.117. The van der Waals surface area contributed by atoms with Crippen molar-refractivity contribution >= 4 is 28.4 Å². The Morgan fingerprint density at radius 1 is 1.04 bits per heavy atom. The molecule has 3 aromatic carbocycles. The molecule has 26 heavy (non-hydrogen) atoms. The molecular weight excluding hydrogens is 328 g/mol. The summed E-state index contributed by atoms with van der Waals surface area (Å²) >= 11 is 0.